The first-order chi connectivity index (χ1) is 17.8. The predicted molar refractivity (Wildman–Crippen MR) is 143 cm³/mol. The van der Waals surface area contributed by atoms with E-state index in [1.54, 1.807) is 11.8 Å². The molecule has 1 amide bonds. The van der Waals surface area contributed by atoms with Crippen LogP contribution in [0.15, 0.2) is 24.3 Å². The Kier molecular flexibility index (Phi) is 10.5. The summed E-state index contributed by atoms with van der Waals surface area (Å²) >= 11 is 0. The molecule has 1 aromatic heterocycles. The van der Waals surface area contributed by atoms with Gasteiger partial charge in [-0.25, -0.2) is 4.79 Å². The first kappa shape index (κ1) is 28.6. The molecule has 3 rings (SSSR count). The molecule has 1 aromatic carbocycles. The van der Waals surface area contributed by atoms with Crippen LogP contribution < -0.4 is 0 Å². The maximum Gasteiger partial charge on any atom is 0.354 e. The summed E-state index contributed by atoms with van der Waals surface area (Å²) in [6.45, 7) is 12.2. The highest BCUT2D eigenvalue weighted by Gasteiger charge is 2.29. The third-order valence-electron chi connectivity index (χ3n) is 7.17. The van der Waals surface area contributed by atoms with Crippen molar-refractivity contribution in [3.8, 4) is 0 Å². The van der Waals surface area contributed by atoms with Crippen LogP contribution in [0.3, 0.4) is 0 Å². The van der Waals surface area contributed by atoms with Gasteiger partial charge in [-0.15, -0.1) is 0 Å². The van der Waals surface area contributed by atoms with E-state index in [9.17, 15) is 14.4 Å². The van der Waals surface area contributed by atoms with Gasteiger partial charge < -0.3 is 18.9 Å². The molecule has 1 aliphatic rings. The molecule has 0 bridgehead atoms. The number of methoxy groups -OCH3 is 1. The Labute approximate surface area is 220 Å². The molecule has 1 fully saturated rings. The van der Waals surface area contributed by atoms with Crippen LogP contribution in [-0.2, 0) is 22.4 Å². The molecule has 0 spiro atoms. The van der Waals surface area contributed by atoms with Crippen molar-refractivity contribution in [1.82, 2.24) is 14.4 Å². The minimum atomic E-state index is -0.468. The van der Waals surface area contributed by atoms with Crippen molar-refractivity contribution >= 4 is 17.7 Å². The second-order valence-corrected chi connectivity index (χ2v) is 9.57. The van der Waals surface area contributed by atoms with E-state index in [4.69, 9.17) is 9.47 Å². The maximum absolute atomic E-state index is 13.7. The van der Waals surface area contributed by atoms with Gasteiger partial charge in [-0.2, -0.15) is 0 Å². The normalized spacial score (nSPS) is 14.0. The molecule has 0 aliphatic carbocycles. The summed E-state index contributed by atoms with van der Waals surface area (Å²) in [5.74, 6) is -0.811. The molecule has 0 saturated carbocycles. The summed E-state index contributed by atoms with van der Waals surface area (Å²) < 4.78 is 12.2. The van der Waals surface area contributed by atoms with E-state index in [1.165, 1.54) is 12.7 Å². The third kappa shape index (κ3) is 6.87. The van der Waals surface area contributed by atoms with Crippen LogP contribution in [0.1, 0.15) is 74.7 Å². The molecule has 1 aliphatic heterocycles. The number of hydrogen-bond donors (Lipinski definition) is 0. The van der Waals surface area contributed by atoms with E-state index < -0.39 is 5.97 Å². The first-order valence-electron chi connectivity index (χ1n) is 13.3. The van der Waals surface area contributed by atoms with Gasteiger partial charge in [-0.05, 0) is 56.9 Å². The molecule has 8 nitrogen and oxygen atoms in total. The Hall–Kier alpha value is -2.97. The molecule has 37 heavy (non-hydrogen) atoms. The number of unbranched alkanes of at least 4 members (excludes halogenated alkanes) is 1. The quantitative estimate of drug-likeness (QED) is 0.318. The van der Waals surface area contributed by atoms with Crippen molar-refractivity contribution in [3.05, 3.63) is 57.9 Å². The third-order valence-corrected chi connectivity index (χ3v) is 7.17. The number of carbonyl (C=O) groups is 3. The molecule has 0 radical (unpaired) electrons. The van der Waals surface area contributed by atoms with Crippen LogP contribution in [0.25, 0.3) is 0 Å². The minimum Gasteiger partial charge on any atom is -0.464 e. The zero-order chi connectivity index (χ0) is 26.9. The first-order valence-corrected chi connectivity index (χ1v) is 13.3. The van der Waals surface area contributed by atoms with Gasteiger partial charge in [-0.1, -0.05) is 25.5 Å². The number of ether oxygens (including phenoxy) is 2. The highest BCUT2D eigenvalue weighted by atomic mass is 16.5. The maximum atomic E-state index is 13.7. The standard InChI is InChI=1S/C29H41N3O5/c1-6-8-9-23-10-12-24(13-11-23)28(34)31(15-14-30-16-18-37-19-17-30)20-25(33)26-21(3)27(29(35)36-5)32(7-2)22(26)4/h10-13H,6-9,14-20H2,1-5H3. The van der Waals surface area contributed by atoms with Gasteiger partial charge in [0.2, 0.25) is 0 Å². The van der Waals surface area contributed by atoms with Crippen molar-refractivity contribution in [2.24, 2.45) is 0 Å². The number of carbonyl (C=O) groups excluding carboxylic acids is 3. The zero-order valence-corrected chi connectivity index (χ0v) is 23.0. The number of aryl methyl sites for hydroxylation is 1. The van der Waals surface area contributed by atoms with Gasteiger partial charge in [0.25, 0.3) is 5.91 Å². The Morgan fingerprint density at radius 2 is 1.73 bits per heavy atom. The van der Waals surface area contributed by atoms with Gasteiger partial charge >= 0.3 is 5.97 Å². The lowest BCUT2D eigenvalue weighted by molar-refractivity contribution is 0.0323. The summed E-state index contributed by atoms with van der Waals surface area (Å²) in [4.78, 5) is 43.6. The summed E-state index contributed by atoms with van der Waals surface area (Å²) in [5, 5.41) is 0. The monoisotopic (exact) mass is 511 g/mol. The molecular weight excluding hydrogens is 470 g/mol. The lowest BCUT2D eigenvalue weighted by Crippen LogP contribution is -2.44. The van der Waals surface area contributed by atoms with Crippen molar-refractivity contribution < 1.29 is 23.9 Å². The average molecular weight is 512 g/mol. The molecule has 202 valence electrons. The van der Waals surface area contributed by atoms with Crippen LogP contribution in [0.5, 0.6) is 0 Å². The van der Waals surface area contributed by atoms with Crippen molar-refractivity contribution in [2.45, 2.75) is 53.5 Å². The topological polar surface area (TPSA) is 81.1 Å². The summed E-state index contributed by atoms with van der Waals surface area (Å²) in [5.41, 5.74) is 3.96. The summed E-state index contributed by atoms with van der Waals surface area (Å²) in [7, 11) is 1.34. The molecule has 2 aromatic rings. The fourth-order valence-corrected chi connectivity index (χ4v) is 5.03. The zero-order valence-electron chi connectivity index (χ0n) is 23.0. The number of amides is 1. The Balaban J connectivity index is 1.86. The number of rotatable bonds is 12. The van der Waals surface area contributed by atoms with Crippen LogP contribution in [0.4, 0.5) is 0 Å². The number of morpholine rings is 1. The van der Waals surface area contributed by atoms with Crippen LogP contribution in [0, 0.1) is 13.8 Å². The Morgan fingerprint density at radius 1 is 1.05 bits per heavy atom. The second kappa shape index (κ2) is 13.5. The number of Topliss-reactive ketones (excluding diaryl/α,β-unsaturated/α-hetero) is 1. The number of benzene rings is 1. The molecule has 2 heterocycles. The highest BCUT2D eigenvalue weighted by molar-refractivity contribution is 6.06. The highest BCUT2D eigenvalue weighted by Crippen LogP contribution is 2.24. The van der Waals surface area contributed by atoms with E-state index in [0.29, 0.717) is 60.9 Å². The van der Waals surface area contributed by atoms with Crippen molar-refractivity contribution in [2.75, 3.05) is 53.0 Å². The largest absolute Gasteiger partial charge is 0.464 e. The van der Waals surface area contributed by atoms with Gasteiger partial charge in [0.15, 0.2) is 5.78 Å². The average Bonchev–Trinajstić information content (AvgIpc) is 3.18. The van der Waals surface area contributed by atoms with Crippen LogP contribution in [-0.4, -0.2) is 85.1 Å². The van der Waals surface area contributed by atoms with Gasteiger partial charge in [0, 0.05) is 49.5 Å². The number of aromatic nitrogens is 1. The van der Waals surface area contributed by atoms with Crippen molar-refractivity contribution in [1.29, 1.82) is 0 Å². The molecule has 0 atom stereocenters. The van der Waals surface area contributed by atoms with Gasteiger partial charge in [0.05, 0.1) is 26.9 Å². The minimum absolute atomic E-state index is 0.0588. The van der Waals surface area contributed by atoms with E-state index >= 15 is 0 Å². The lowest BCUT2D eigenvalue weighted by atomic mass is 10.0. The summed E-state index contributed by atoms with van der Waals surface area (Å²) in [6.07, 6.45) is 3.21. The van der Waals surface area contributed by atoms with Gasteiger partial charge in [-0.3, -0.25) is 14.5 Å². The summed E-state index contributed by atoms with van der Waals surface area (Å²) in [6, 6.07) is 7.73. The Morgan fingerprint density at radius 3 is 2.32 bits per heavy atom. The fourth-order valence-electron chi connectivity index (χ4n) is 5.03. The molecule has 0 N–H and O–H groups in total. The van der Waals surface area contributed by atoms with Crippen LogP contribution in [0.2, 0.25) is 0 Å². The molecule has 8 heteroatoms. The SMILES string of the molecule is CCCCc1ccc(C(=O)N(CCN2CCOCC2)CC(=O)c2c(C)c(C(=O)OC)n(CC)c2C)cc1. The number of hydrogen-bond acceptors (Lipinski definition) is 6. The van der Waals surface area contributed by atoms with Gasteiger partial charge in [0.1, 0.15) is 5.69 Å². The van der Waals surface area contributed by atoms with E-state index in [1.807, 2.05) is 42.7 Å². The predicted octanol–water partition coefficient (Wildman–Crippen LogP) is 3.91. The molecule has 1 saturated heterocycles. The molecular formula is C29H41N3O5. The van der Waals surface area contributed by atoms with E-state index in [2.05, 4.69) is 11.8 Å². The second-order valence-electron chi connectivity index (χ2n) is 9.57. The van der Waals surface area contributed by atoms with Crippen molar-refractivity contribution in [3.63, 3.8) is 0 Å². The fraction of sp³-hybridized carbons (Fsp3) is 0.552. The Bertz CT molecular complexity index is 1080. The smallest absolute Gasteiger partial charge is 0.354 e. The molecule has 0 unspecified atom stereocenters. The van der Waals surface area contributed by atoms with E-state index in [0.717, 1.165) is 32.4 Å². The number of esters is 1. The van der Waals surface area contributed by atoms with Crippen LogP contribution >= 0.6 is 0 Å². The number of nitrogens with zero attached hydrogens (tertiary/aromatic N) is 3. The van der Waals surface area contributed by atoms with E-state index in [-0.39, 0.29) is 18.2 Å². The number of ketones is 1. The lowest BCUT2D eigenvalue weighted by Gasteiger charge is -2.30.